The SMILES string of the molecule is NC1C[C@@H](NCc2ccccn2)C[C@@H](NCc2ccccn2)C1. The third kappa shape index (κ3) is 5.10. The van der Waals surface area contributed by atoms with Crippen LogP contribution in [-0.2, 0) is 13.1 Å². The first-order valence-electron chi connectivity index (χ1n) is 8.32. The molecule has 1 aliphatic carbocycles. The molecule has 5 heteroatoms. The molecule has 3 atom stereocenters. The molecule has 1 unspecified atom stereocenters. The Morgan fingerprint density at radius 1 is 0.826 bits per heavy atom. The van der Waals surface area contributed by atoms with Crippen molar-refractivity contribution in [1.29, 1.82) is 0 Å². The van der Waals surface area contributed by atoms with E-state index in [9.17, 15) is 0 Å². The van der Waals surface area contributed by atoms with Crippen LogP contribution in [0, 0.1) is 0 Å². The second-order valence-corrected chi connectivity index (χ2v) is 6.26. The number of aromatic nitrogens is 2. The zero-order chi connectivity index (χ0) is 15.9. The first kappa shape index (κ1) is 16.1. The Morgan fingerprint density at radius 2 is 1.35 bits per heavy atom. The van der Waals surface area contributed by atoms with E-state index in [1.165, 1.54) is 0 Å². The molecule has 4 N–H and O–H groups in total. The number of rotatable bonds is 6. The summed E-state index contributed by atoms with van der Waals surface area (Å²) in [5.41, 5.74) is 8.39. The second-order valence-electron chi connectivity index (χ2n) is 6.26. The van der Waals surface area contributed by atoms with E-state index in [1.807, 2.05) is 48.8 Å². The van der Waals surface area contributed by atoms with Crippen molar-refractivity contribution in [3.8, 4) is 0 Å². The average molecular weight is 311 g/mol. The third-order valence-corrected chi connectivity index (χ3v) is 4.34. The summed E-state index contributed by atoms with van der Waals surface area (Å²) in [7, 11) is 0. The molecule has 0 aromatic carbocycles. The van der Waals surface area contributed by atoms with Crippen LogP contribution in [0.15, 0.2) is 48.8 Å². The maximum Gasteiger partial charge on any atom is 0.0541 e. The van der Waals surface area contributed by atoms with E-state index in [-0.39, 0.29) is 6.04 Å². The van der Waals surface area contributed by atoms with Crippen LogP contribution in [0.1, 0.15) is 30.7 Å². The summed E-state index contributed by atoms with van der Waals surface area (Å²) in [6.45, 7) is 1.59. The maximum absolute atomic E-state index is 6.24. The van der Waals surface area contributed by atoms with Crippen molar-refractivity contribution in [3.05, 3.63) is 60.2 Å². The van der Waals surface area contributed by atoms with Crippen molar-refractivity contribution < 1.29 is 0 Å². The number of pyridine rings is 2. The lowest BCUT2D eigenvalue weighted by molar-refractivity contribution is 0.273. The molecule has 0 spiro atoms. The number of hydrogen-bond donors (Lipinski definition) is 3. The zero-order valence-corrected chi connectivity index (χ0v) is 13.4. The van der Waals surface area contributed by atoms with Crippen LogP contribution < -0.4 is 16.4 Å². The average Bonchev–Trinajstić information content (AvgIpc) is 2.60. The highest BCUT2D eigenvalue weighted by atomic mass is 15.0. The molecule has 3 rings (SSSR count). The van der Waals surface area contributed by atoms with Crippen LogP contribution in [0.25, 0.3) is 0 Å². The number of nitrogens with zero attached hydrogens (tertiary/aromatic N) is 2. The monoisotopic (exact) mass is 311 g/mol. The van der Waals surface area contributed by atoms with Gasteiger partial charge in [0, 0.05) is 43.6 Å². The van der Waals surface area contributed by atoms with Crippen molar-refractivity contribution in [2.24, 2.45) is 5.73 Å². The van der Waals surface area contributed by atoms with Crippen LogP contribution >= 0.6 is 0 Å². The van der Waals surface area contributed by atoms with Gasteiger partial charge < -0.3 is 16.4 Å². The number of nitrogens with two attached hydrogens (primary N) is 1. The van der Waals surface area contributed by atoms with Crippen molar-refractivity contribution in [1.82, 2.24) is 20.6 Å². The molecule has 1 fully saturated rings. The first-order chi connectivity index (χ1) is 11.3. The van der Waals surface area contributed by atoms with Crippen molar-refractivity contribution >= 4 is 0 Å². The standard InChI is InChI=1S/C18H25N5/c19-14-9-17(22-12-15-5-1-3-7-20-15)11-18(10-14)23-13-16-6-2-4-8-21-16/h1-8,14,17-18,22-23H,9-13,19H2/t14?,17-,18+. The highest BCUT2D eigenvalue weighted by Crippen LogP contribution is 2.19. The molecule has 2 aromatic rings. The van der Waals surface area contributed by atoms with Gasteiger partial charge in [0.2, 0.25) is 0 Å². The van der Waals surface area contributed by atoms with Gasteiger partial charge in [-0.25, -0.2) is 0 Å². The molecule has 2 aromatic heterocycles. The predicted molar refractivity (Wildman–Crippen MR) is 91.6 cm³/mol. The fourth-order valence-corrected chi connectivity index (χ4v) is 3.20. The van der Waals surface area contributed by atoms with Gasteiger partial charge in [0.1, 0.15) is 0 Å². The normalized spacial score (nSPS) is 24.5. The summed E-state index contributed by atoms with van der Waals surface area (Å²) in [5, 5.41) is 7.20. The van der Waals surface area contributed by atoms with E-state index in [0.29, 0.717) is 12.1 Å². The molecule has 0 saturated heterocycles. The molecular formula is C18H25N5. The summed E-state index contributed by atoms with van der Waals surface area (Å²) in [6, 6.07) is 13.1. The summed E-state index contributed by atoms with van der Waals surface area (Å²) < 4.78 is 0. The van der Waals surface area contributed by atoms with Gasteiger partial charge in [-0.05, 0) is 43.5 Å². The van der Waals surface area contributed by atoms with Gasteiger partial charge in [-0.1, -0.05) is 12.1 Å². The number of nitrogens with one attached hydrogen (secondary N) is 2. The Morgan fingerprint density at radius 3 is 1.78 bits per heavy atom. The lowest BCUT2D eigenvalue weighted by Gasteiger charge is -2.34. The molecule has 1 aliphatic rings. The molecule has 0 bridgehead atoms. The maximum atomic E-state index is 6.24. The minimum atomic E-state index is 0.242. The Bertz CT molecular complexity index is 523. The molecule has 122 valence electrons. The topological polar surface area (TPSA) is 75.9 Å². The number of hydrogen-bond acceptors (Lipinski definition) is 5. The van der Waals surface area contributed by atoms with Gasteiger partial charge in [-0.2, -0.15) is 0 Å². The smallest absolute Gasteiger partial charge is 0.0541 e. The summed E-state index contributed by atoms with van der Waals surface area (Å²) >= 11 is 0. The molecule has 0 radical (unpaired) electrons. The van der Waals surface area contributed by atoms with E-state index in [2.05, 4.69) is 20.6 Å². The Balaban J connectivity index is 1.48. The summed E-state index contributed by atoms with van der Waals surface area (Å²) in [6.07, 6.45) is 6.80. The fraction of sp³-hybridized carbons (Fsp3) is 0.444. The van der Waals surface area contributed by atoms with Crippen molar-refractivity contribution in [2.75, 3.05) is 0 Å². The highest BCUT2D eigenvalue weighted by Gasteiger charge is 2.26. The minimum Gasteiger partial charge on any atom is -0.328 e. The van der Waals surface area contributed by atoms with Gasteiger partial charge >= 0.3 is 0 Å². The highest BCUT2D eigenvalue weighted by molar-refractivity contribution is 5.05. The quantitative estimate of drug-likeness (QED) is 0.755. The van der Waals surface area contributed by atoms with Crippen LogP contribution in [0.5, 0.6) is 0 Å². The van der Waals surface area contributed by atoms with Gasteiger partial charge in [0.25, 0.3) is 0 Å². The van der Waals surface area contributed by atoms with E-state index in [4.69, 9.17) is 5.73 Å². The van der Waals surface area contributed by atoms with Crippen molar-refractivity contribution in [3.63, 3.8) is 0 Å². The van der Waals surface area contributed by atoms with E-state index in [0.717, 1.165) is 43.7 Å². The Kier molecular flexibility index (Phi) is 5.69. The molecule has 1 saturated carbocycles. The summed E-state index contributed by atoms with van der Waals surface area (Å²) in [5.74, 6) is 0. The Hall–Kier alpha value is -1.82. The van der Waals surface area contributed by atoms with Gasteiger partial charge in [0.15, 0.2) is 0 Å². The second kappa shape index (κ2) is 8.15. The van der Waals surface area contributed by atoms with E-state index in [1.54, 1.807) is 0 Å². The van der Waals surface area contributed by atoms with Gasteiger partial charge in [0.05, 0.1) is 11.4 Å². The summed E-state index contributed by atoms with van der Waals surface area (Å²) in [4.78, 5) is 8.72. The Labute approximate surface area is 137 Å². The van der Waals surface area contributed by atoms with Crippen LogP contribution in [0.4, 0.5) is 0 Å². The fourth-order valence-electron chi connectivity index (χ4n) is 3.20. The largest absolute Gasteiger partial charge is 0.328 e. The lowest BCUT2D eigenvalue weighted by atomic mass is 9.87. The molecule has 2 heterocycles. The molecular weight excluding hydrogens is 286 g/mol. The first-order valence-corrected chi connectivity index (χ1v) is 8.32. The molecule has 0 aliphatic heterocycles. The van der Waals surface area contributed by atoms with Crippen LogP contribution in [0.3, 0.4) is 0 Å². The zero-order valence-electron chi connectivity index (χ0n) is 13.4. The lowest BCUT2D eigenvalue weighted by Crippen LogP contribution is -2.48. The molecule has 23 heavy (non-hydrogen) atoms. The predicted octanol–water partition coefficient (Wildman–Crippen LogP) is 1.60. The van der Waals surface area contributed by atoms with Crippen molar-refractivity contribution in [2.45, 2.75) is 50.5 Å². The molecule has 0 amide bonds. The van der Waals surface area contributed by atoms with Gasteiger partial charge in [-0.3, -0.25) is 9.97 Å². The van der Waals surface area contributed by atoms with E-state index >= 15 is 0 Å². The van der Waals surface area contributed by atoms with Crippen LogP contribution in [0.2, 0.25) is 0 Å². The third-order valence-electron chi connectivity index (χ3n) is 4.34. The molecule has 5 nitrogen and oxygen atoms in total. The minimum absolute atomic E-state index is 0.242. The van der Waals surface area contributed by atoms with E-state index < -0.39 is 0 Å². The van der Waals surface area contributed by atoms with Gasteiger partial charge in [-0.15, -0.1) is 0 Å². The van der Waals surface area contributed by atoms with Crippen LogP contribution in [-0.4, -0.2) is 28.1 Å².